The Labute approximate surface area is 135 Å². The highest BCUT2D eigenvalue weighted by Gasteiger charge is 2.16. The van der Waals surface area contributed by atoms with E-state index in [1.807, 2.05) is 50.5 Å². The minimum atomic E-state index is -0.538. The van der Waals surface area contributed by atoms with E-state index in [-0.39, 0.29) is 0 Å². The number of carbonyl (C=O) groups is 1. The first-order chi connectivity index (χ1) is 10.8. The molecule has 0 aliphatic heterocycles. The van der Waals surface area contributed by atoms with E-state index in [1.165, 1.54) is 0 Å². The fourth-order valence-electron chi connectivity index (χ4n) is 2.07. The molecular formula is C17H20N4O2. The lowest BCUT2D eigenvalue weighted by Crippen LogP contribution is -2.27. The van der Waals surface area contributed by atoms with Crippen molar-refractivity contribution in [3.8, 4) is 17.5 Å². The van der Waals surface area contributed by atoms with Crippen LogP contribution in [0.25, 0.3) is 11.4 Å². The summed E-state index contributed by atoms with van der Waals surface area (Å²) in [6.45, 7) is 8.15. The van der Waals surface area contributed by atoms with Crippen LogP contribution in [0, 0.1) is 11.3 Å². The van der Waals surface area contributed by atoms with Gasteiger partial charge >= 0.3 is 6.09 Å². The molecule has 0 fully saturated rings. The zero-order chi connectivity index (χ0) is 17.0. The fourth-order valence-corrected chi connectivity index (χ4v) is 2.07. The number of aromatic nitrogens is 2. The third-order valence-corrected chi connectivity index (χ3v) is 3.02. The Kier molecular flexibility index (Phi) is 4.70. The van der Waals surface area contributed by atoms with Crippen molar-refractivity contribution in [2.24, 2.45) is 0 Å². The summed E-state index contributed by atoms with van der Waals surface area (Å²) in [5.41, 5.74) is 1.36. The van der Waals surface area contributed by atoms with Crippen molar-refractivity contribution < 1.29 is 9.53 Å². The summed E-state index contributed by atoms with van der Waals surface area (Å²) in [5, 5.41) is 11.6. The van der Waals surface area contributed by atoms with Crippen molar-refractivity contribution in [2.45, 2.75) is 39.8 Å². The van der Waals surface area contributed by atoms with Crippen molar-refractivity contribution in [3.63, 3.8) is 0 Å². The second-order valence-corrected chi connectivity index (χ2v) is 6.05. The van der Waals surface area contributed by atoms with E-state index >= 15 is 0 Å². The van der Waals surface area contributed by atoms with Gasteiger partial charge in [0.1, 0.15) is 17.5 Å². The van der Waals surface area contributed by atoms with E-state index < -0.39 is 11.7 Å². The molecule has 1 N–H and O–H groups in total. The first kappa shape index (κ1) is 16.6. The SMILES string of the molecule is CCn1cc(C#N)nc1-c1ccc(NC(=O)OC(C)(C)C)cc1. The third-order valence-electron chi connectivity index (χ3n) is 3.02. The van der Waals surface area contributed by atoms with Gasteiger partial charge in [-0.2, -0.15) is 5.26 Å². The molecule has 0 spiro atoms. The Morgan fingerprint density at radius 2 is 2.00 bits per heavy atom. The molecule has 1 aromatic carbocycles. The summed E-state index contributed by atoms with van der Waals surface area (Å²) in [4.78, 5) is 16.0. The predicted octanol–water partition coefficient (Wildman–Crippen LogP) is 3.79. The lowest BCUT2D eigenvalue weighted by Gasteiger charge is -2.19. The maximum Gasteiger partial charge on any atom is 0.412 e. The fraction of sp³-hybridized carbons (Fsp3) is 0.353. The molecule has 0 unspecified atom stereocenters. The van der Waals surface area contributed by atoms with Crippen LogP contribution in [0.2, 0.25) is 0 Å². The average Bonchev–Trinajstić information content (AvgIpc) is 2.89. The molecule has 2 rings (SSSR count). The maximum atomic E-state index is 11.7. The van der Waals surface area contributed by atoms with Gasteiger partial charge in [-0.05, 0) is 52.0 Å². The van der Waals surface area contributed by atoms with Crippen LogP contribution in [0.15, 0.2) is 30.5 Å². The summed E-state index contributed by atoms with van der Waals surface area (Å²) in [7, 11) is 0. The molecular weight excluding hydrogens is 292 g/mol. The Morgan fingerprint density at radius 1 is 1.35 bits per heavy atom. The van der Waals surface area contributed by atoms with Crippen molar-refractivity contribution >= 4 is 11.8 Å². The van der Waals surface area contributed by atoms with Crippen LogP contribution in [0.4, 0.5) is 10.5 Å². The van der Waals surface area contributed by atoms with E-state index in [0.717, 1.165) is 17.9 Å². The summed E-state index contributed by atoms with van der Waals surface area (Å²) < 4.78 is 7.12. The number of nitriles is 1. The second kappa shape index (κ2) is 6.53. The maximum absolute atomic E-state index is 11.7. The van der Waals surface area contributed by atoms with Gasteiger partial charge in [-0.25, -0.2) is 9.78 Å². The van der Waals surface area contributed by atoms with Crippen LogP contribution in [-0.2, 0) is 11.3 Å². The number of amides is 1. The highest BCUT2D eigenvalue weighted by Crippen LogP contribution is 2.21. The number of imidazole rings is 1. The highest BCUT2D eigenvalue weighted by molar-refractivity contribution is 5.85. The molecule has 23 heavy (non-hydrogen) atoms. The number of anilines is 1. The van der Waals surface area contributed by atoms with Crippen molar-refractivity contribution in [1.82, 2.24) is 9.55 Å². The van der Waals surface area contributed by atoms with Crippen LogP contribution in [0.5, 0.6) is 0 Å². The predicted molar refractivity (Wildman–Crippen MR) is 87.9 cm³/mol. The van der Waals surface area contributed by atoms with E-state index in [4.69, 9.17) is 10.00 Å². The standard InChI is InChI=1S/C17H20N4O2/c1-5-21-11-14(10-18)19-15(21)12-6-8-13(9-7-12)20-16(22)23-17(2,3)4/h6-9,11H,5H2,1-4H3,(H,20,22). The van der Waals surface area contributed by atoms with Crippen molar-refractivity contribution in [3.05, 3.63) is 36.2 Å². The van der Waals surface area contributed by atoms with Crippen LogP contribution in [-0.4, -0.2) is 21.2 Å². The topological polar surface area (TPSA) is 79.9 Å². The Hall–Kier alpha value is -2.81. The van der Waals surface area contributed by atoms with Crippen LogP contribution < -0.4 is 5.32 Å². The molecule has 0 aliphatic carbocycles. The number of rotatable bonds is 3. The molecule has 6 nitrogen and oxygen atoms in total. The Balaban J connectivity index is 2.15. The van der Waals surface area contributed by atoms with Gasteiger partial charge in [-0.1, -0.05) is 0 Å². The Bertz CT molecular complexity index is 733. The molecule has 1 amide bonds. The minimum absolute atomic E-state index is 0.387. The zero-order valence-electron chi connectivity index (χ0n) is 13.8. The smallest absolute Gasteiger partial charge is 0.412 e. The molecule has 0 atom stereocenters. The number of ether oxygens (including phenoxy) is 1. The average molecular weight is 312 g/mol. The number of aryl methyl sites for hydroxylation is 1. The normalized spacial score (nSPS) is 10.9. The molecule has 6 heteroatoms. The zero-order valence-corrected chi connectivity index (χ0v) is 13.8. The quantitative estimate of drug-likeness (QED) is 0.935. The first-order valence-electron chi connectivity index (χ1n) is 7.40. The van der Waals surface area contributed by atoms with Gasteiger partial charge in [0, 0.05) is 24.0 Å². The number of hydrogen-bond donors (Lipinski definition) is 1. The summed E-state index contributed by atoms with van der Waals surface area (Å²) in [6, 6.07) is 9.30. The van der Waals surface area contributed by atoms with Gasteiger partial charge in [0.25, 0.3) is 0 Å². The van der Waals surface area contributed by atoms with Crippen LogP contribution in [0.1, 0.15) is 33.4 Å². The number of nitrogens with one attached hydrogen (secondary N) is 1. The monoisotopic (exact) mass is 312 g/mol. The van der Waals surface area contributed by atoms with Gasteiger partial charge in [0.15, 0.2) is 5.69 Å². The van der Waals surface area contributed by atoms with Gasteiger partial charge in [-0.15, -0.1) is 0 Å². The van der Waals surface area contributed by atoms with E-state index in [2.05, 4.69) is 10.3 Å². The number of nitrogens with zero attached hydrogens (tertiary/aromatic N) is 3. The second-order valence-electron chi connectivity index (χ2n) is 6.05. The summed E-state index contributed by atoms with van der Waals surface area (Å²) in [6.07, 6.45) is 1.23. The lowest BCUT2D eigenvalue weighted by atomic mass is 10.2. The number of hydrogen-bond acceptors (Lipinski definition) is 4. The highest BCUT2D eigenvalue weighted by atomic mass is 16.6. The molecule has 1 heterocycles. The Morgan fingerprint density at radius 3 is 2.52 bits per heavy atom. The molecule has 0 bridgehead atoms. The molecule has 1 aromatic heterocycles. The van der Waals surface area contributed by atoms with E-state index in [1.54, 1.807) is 18.3 Å². The molecule has 0 radical (unpaired) electrons. The number of benzene rings is 1. The van der Waals surface area contributed by atoms with Crippen LogP contribution >= 0.6 is 0 Å². The van der Waals surface area contributed by atoms with Gasteiger partial charge in [0.2, 0.25) is 0 Å². The summed E-state index contributed by atoms with van der Waals surface area (Å²) in [5.74, 6) is 0.730. The van der Waals surface area contributed by atoms with Crippen molar-refractivity contribution in [1.29, 1.82) is 5.26 Å². The molecule has 0 saturated heterocycles. The third kappa shape index (κ3) is 4.33. The number of carbonyl (C=O) groups excluding carboxylic acids is 1. The lowest BCUT2D eigenvalue weighted by molar-refractivity contribution is 0.0636. The first-order valence-corrected chi connectivity index (χ1v) is 7.40. The largest absolute Gasteiger partial charge is 0.444 e. The minimum Gasteiger partial charge on any atom is -0.444 e. The van der Waals surface area contributed by atoms with Gasteiger partial charge in [-0.3, -0.25) is 5.32 Å². The molecule has 2 aromatic rings. The van der Waals surface area contributed by atoms with E-state index in [0.29, 0.717) is 11.4 Å². The van der Waals surface area contributed by atoms with Gasteiger partial charge < -0.3 is 9.30 Å². The molecule has 0 saturated carbocycles. The molecule has 0 aliphatic rings. The summed E-state index contributed by atoms with van der Waals surface area (Å²) >= 11 is 0. The van der Waals surface area contributed by atoms with Crippen LogP contribution in [0.3, 0.4) is 0 Å². The van der Waals surface area contributed by atoms with E-state index in [9.17, 15) is 4.79 Å². The van der Waals surface area contributed by atoms with Gasteiger partial charge in [0.05, 0.1) is 0 Å². The van der Waals surface area contributed by atoms with Crippen molar-refractivity contribution in [2.75, 3.05) is 5.32 Å². The molecule has 120 valence electrons.